The van der Waals surface area contributed by atoms with E-state index in [-0.39, 0.29) is 5.57 Å². The predicted molar refractivity (Wildman–Crippen MR) is 99.5 cm³/mol. The number of aryl methyl sites for hydroxylation is 1. The fraction of sp³-hybridized carbons (Fsp3) is 0.150. The minimum absolute atomic E-state index is 0.0669. The van der Waals surface area contributed by atoms with Crippen molar-refractivity contribution < 1.29 is 14.3 Å². The van der Waals surface area contributed by atoms with E-state index in [1.54, 1.807) is 37.3 Å². The molecule has 0 aliphatic heterocycles. The van der Waals surface area contributed by atoms with Crippen molar-refractivity contribution in [3.05, 3.63) is 71.4 Å². The summed E-state index contributed by atoms with van der Waals surface area (Å²) in [4.78, 5) is 23.8. The first-order valence-electron chi connectivity index (χ1n) is 8.06. The van der Waals surface area contributed by atoms with E-state index in [9.17, 15) is 14.9 Å². The molecule has 132 valence electrons. The molecule has 0 aliphatic carbocycles. The first-order chi connectivity index (χ1) is 12.5. The van der Waals surface area contributed by atoms with Crippen molar-refractivity contribution in [2.24, 2.45) is 0 Å². The first-order valence-corrected chi connectivity index (χ1v) is 8.06. The number of nitrogens with zero attached hydrogens (tertiary/aromatic N) is 1. The Morgan fingerprint density at radius 2 is 1.85 bits per heavy atom. The molecule has 2 aromatic carbocycles. The lowest BCUT2D eigenvalue weighted by molar-refractivity contribution is -0.112. The molecule has 0 atom stereocenters. The van der Waals surface area contributed by atoms with Gasteiger partial charge in [0.1, 0.15) is 11.6 Å². The molecule has 2 N–H and O–H groups in total. The molecule has 0 unspecified atom stereocenters. The Hall–Kier alpha value is -3.59. The highest BCUT2D eigenvalue weighted by Gasteiger charge is 2.10. The van der Waals surface area contributed by atoms with Crippen LogP contribution in [0.15, 0.2) is 60.3 Å². The Kier molecular flexibility index (Phi) is 6.52. The zero-order valence-electron chi connectivity index (χ0n) is 14.6. The van der Waals surface area contributed by atoms with Crippen LogP contribution in [0, 0.1) is 18.3 Å². The van der Waals surface area contributed by atoms with Crippen molar-refractivity contribution in [2.75, 3.05) is 17.2 Å². The second-order valence-corrected chi connectivity index (χ2v) is 5.38. The van der Waals surface area contributed by atoms with Crippen molar-refractivity contribution in [1.82, 2.24) is 0 Å². The van der Waals surface area contributed by atoms with Gasteiger partial charge in [0.2, 0.25) is 0 Å². The lowest BCUT2D eigenvalue weighted by Gasteiger charge is -2.08. The van der Waals surface area contributed by atoms with E-state index in [2.05, 4.69) is 10.6 Å². The Balaban J connectivity index is 2.05. The number of carbonyl (C=O) groups excluding carboxylic acids is 2. The molecule has 2 rings (SSSR count). The van der Waals surface area contributed by atoms with E-state index in [1.807, 2.05) is 31.2 Å². The van der Waals surface area contributed by atoms with Gasteiger partial charge in [-0.15, -0.1) is 0 Å². The van der Waals surface area contributed by atoms with E-state index >= 15 is 0 Å². The zero-order chi connectivity index (χ0) is 18.9. The van der Waals surface area contributed by atoms with Crippen LogP contribution in [-0.4, -0.2) is 18.5 Å². The Bertz CT molecular complexity index is 865. The zero-order valence-corrected chi connectivity index (χ0v) is 14.6. The van der Waals surface area contributed by atoms with Crippen LogP contribution in [0.25, 0.3) is 0 Å². The van der Waals surface area contributed by atoms with Gasteiger partial charge < -0.3 is 15.4 Å². The van der Waals surface area contributed by atoms with Crippen LogP contribution in [0.4, 0.5) is 11.4 Å². The third kappa shape index (κ3) is 4.95. The van der Waals surface area contributed by atoms with E-state index in [1.165, 1.54) is 6.20 Å². The normalized spacial score (nSPS) is 10.6. The summed E-state index contributed by atoms with van der Waals surface area (Å²) in [6, 6.07) is 15.7. The SMILES string of the molecule is CCOC(=O)c1ccc(N/C=C(/C#N)C(=O)Nc2ccccc2C)cc1. The lowest BCUT2D eigenvalue weighted by Crippen LogP contribution is -2.15. The Morgan fingerprint density at radius 3 is 2.46 bits per heavy atom. The van der Waals surface area contributed by atoms with E-state index in [0.717, 1.165) is 5.56 Å². The summed E-state index contributed by atoms with van der Waals surface area (Å²) in [6.07, 6.45) is 1.33. The Labute approximate surface area is 152 Å². The van der Waals surface area contributed by atoms with Gasteiger partial charge in [-0.05, 0) is 49.7 Å². The largest absolute Gasteiger partial charge is 0.462 e. The van der Waals surface area contributed by atoms with Crippen molar-refractivity contribution in [2.45, 2.75) is 13.8 Å². The molecule has 26 heavy (non-hydrogen) atoms. The molecule has 0 heterocycles. The van der Waals surface area contributed by atoms with Gasteiger partial charge in [0, 0.05) is 17.6 Å². The van der Waals surface area contributed by atoms with Gasteiger partial charge in [-0.25, -0.2) is 4.79 Å². The number of nitrogens with one attached hydrogen (secondary N) is 2. The average molecular weight is 349 g/mol. The summed E-state index contributed by atoms with van der Waals surface area (Å²) in [7, 11) is 0. The molecule has 0 radical (unpaired) electrons. The molecule has 6 nitrogen and oxygen atoms in total. The number of nitriles is 1. The summed E-state index contributed by atoms with van der Waals surface area (Å²) >= 11 is 0. The topological polar surface area (TPSA) is 91.2 Å². The quantitative estimate of drug-likeness (QED) is 0.472. The second kappa shape index (κ2) is 9.04. The van der Waals surface area contributed by atoms with Crippen molar-refractivity contribution in [3.63, 3.8) is 0 Å². The lowest BCUT2D eigenvalue weighted by atomic mass is 10.2. The molecular weight excluding hydrogens is 330 g/mol. The molecule has 0 aliphatic rings. The molecule has 0 saturated carbocycles. The highest BCUT2D eigenvalue weighted by molar-refractivity contribution is 6.07. The second-order valence-electron chi connectivity index (χ2n) is 5.38. The summed E-state index contributed by atoms with van der Waals surface area (Å²) in [5.74, 6) is -0.901. The average Bonchev–Trinajstić information content (AvgIpc) is 2.65. The number of hydrogen-bond acceptors (Lipinski definition) is 5. The van der Waals surface area contributed by atoms with Crippen LogP contribution < -0.4 is 10.6 Å². The monoisotopic (exact) mass is 349 g/mol. The van der Waals surface area contributed by atoms with Gasteiger partial charge in [-0.1, -0.05) is 18.2 Å². The predicted octanol–water partition coefficient (Wildman–Crippen LogP) is 3.63. The highest BCUT2D eigenvalue weighted by atomic mass is 16.5. The van der Waals surface area contributed by atoms with Crippen LogP contribution in [-0.2, 0) is 9.53 Å². The van der Waals surface area contributed by atoms with E-state index in [4.69, 9.17) is 4.74 Å². The van der Waals surface area contributed by atoms with E-state index < -0.39 is 11.9 Å². The highest BCUT2D eigenvalue weighted by Crippen LogP contribution is 2.15. The maximum absolute atomic E-state index is 12.2. The van der Waals surface area contributed by atoms with Crippen LogP contribution in [0.3, 0.4) is 0 Å². The minimum Gasteiger partial charge on any atom is -0.462 e. The molecule has 0 fully saturated rings. The van der Waals surface area contributed by atoms with Crippen LogP contribution in [0.5, 0.6) is 0 Å². The number of benzene rings is 2. The number of rotatable bonds is 6. The van der Waals surface area contributed by atoms with E-state index in [0.29, 0.717) is 23.5 Å². The maximum Gasteiger partial charge on any atom is 0.338 e. The number of carbonyl (C=O) groups is 2. The van der Waals surface area contributed by atoms with Crippen molar-refractivity contribution >= 4 is 23.3 Å². The van der Waals surface area contributed by atoms with Crippen molar-refractivity contribution in [3.8, 4) is 6.07 Å². The number of anilines is 2. The first kappa shape index (κ1) is 18.7. The number of para-hydroxylation sites is 1. The van der Waals surface area contributed by atoms with Crippen LogP contribution in [0.1, 0.15) is 22.8 Å². The van der Waals surface area contributed by atoms with Crippen molar-refractivity contribution in [1.29, 1.82) is 5.26 Å². The number of ether oxygens (including phenoxy) is 1. The summed E-state index contributed by atoms with van der Waals surface area (Å²) < 4.78 is 4.91. The van der Waals surface area contributed by atoms with Gasteiger partial charge >= 0.3 is 5.97 Å². The number of hydrogen-bond donors (Lipinski definition) is 2. The maximum atomic E-state index is 12.2. The van der Waals surface area contributed by atoms with Gasteiger partial charge in [0.25, 0.3) is 5.91 Å². The molecule has 1 amide bonds. The fourth-order valence-electron chi connectivity index (χ4n) is 2.12. The molecular formula is C20H19N3O3. The van der Waals surface area contributed by atoms with Gasteiger partial charge in [0.05, 0.1) is 12.2 Å². The molecule has 0 spiro atoms. The molecule has 6 heteroatoms. The third-order valence-corrected chi connectivity index (χ3v) is 3.54. The smallest absolute Gasteiger partial charge is 0.338 e. The minimum atomic E-state index is -0.502. The number of esters is 1. The summed E-state index contributed by atoms with van der Waals surface area (Å²) in [6.45, 7) is 3.92. The summed E-state index contributed by atoms with van der Waals surface area (Å²) in [5.41, 5.74) is 2.55. The molecule has 0 saturated heterocycles. The molecule has 0 bridgehead atoms. The molecule has 2 aromatic rings. The Morgan fingerprint density at radius 1 is 1.15 bits per heavy atom. The van der Waals surface area contributed by atoms with Gasteiger partial charge in [-0.3, -0.25) is 4.79 Å². The van der Waals surface area contributed by atoms with Gasteiger partial charge in [0.15, 0.2) is 0 Å². The number of amides is 1. The van der Waals surface area contributed by atoms with Gasteiger partial charge in [-0.2, -0.15) is 5.26 Å². The molecule has 0 aromatic heterocycles. The van der Waals surface area contributed by atoms with Crippen LogP contribution >= 0.6 is 0 Å². The summed E-state index contributed by atoms with van der Waals surface area (Å²) in [5, 5.41) is 14.8. The standard InChI is InChI=1S/C20H19N3O3/c1-3-26-20(25)15-8-10-17(11-9-15)22-13-16(12-21)19(24)23-18-7-5-4-6-14(18)2/h4-11,13,22H,3H2,1-2H3,(H,23,24)/b16-13-. The van der Waals surface area contributed by atoms with Crippen LogP contribution in [0.2, 0.25) is 0 Å². The third-order valence-electron chi connectivity index (χ3n) is 3.54. The fourth-order valence-corrected chi connectivity index (χ4v) is 2.12.